The van der Waals surface area contributed by atoms with E-state index in [2.05, 4.69) is 0 Å². The summed E-state index contributed by atoms with van der Waals surface area (Å²) in [5.41, 5.74) is 0. The van der Waals surface area contributed by atoms with Crippen molar-refractivity contribution in [2.75, 3.05) is 26.0 Å². The van der Waals surface area contributed by atoms with Crippen LogP contribution in [0.3, 0.4) is 0 Å². The molecule has 0 N–H and O–H groups in total. The monoisotopic (exact) mass is 225 g/mol. The number of hydrogen-bond acceptors (Lipinski definition) is 5. The van der Waals surface area contributed by atoms with Gasteiger partial charge in [0.05, 0.1) is 6.61 Å². The highest BCUT2D eigenvalue weighted by Crippen LogP contribution is 2.05. The molecular formula is C6H14O5PSi. The minimum absolute atomic E-state index is 0.0175. The molecule has 77 valence electrons. The highest BCUT2D eigenvalue weighted by Gasteiger charge is 2.18. The molecule has 13 heavy (non-hydrogen) atoms. The topological polar surface area (TPSA) is 67.8 Å². The molecule has 0 aliphatic carbocycles. The van der Waals surface area contributed by atoms with E-state index in [1.165, 1.54) is 0 Å². The zero-order valence-corrected chi connectivity index (χ0v) is 9.71. The molecule has 1 unspecified atom stereocenters. The summed E-state index contributed by atoms with van der Waals surface area (Å²) in [7, 11) is -4.08. The summed E-state index contributed by atoms with van der Waals surface area (Å²) in [6.45, 7) is 4.84. The molecule has 0 saturated heterocycles. The molecule has 7 heteroatoms. The summed E-state index contributed by atoms with van der Waals surface area (Å²) in [5.74, 6) is 0. The molecule has 0 spiro atoms. The standard InChI is InChI=1S/C6H14O5PSi/c1-3-9-13(10-4-2)11-5-6-12(7)8/h3-6H2,1-2H3. The van der Waals surface area contributed by atoms with Crippen molar-refractivity contribution in [2.24, 2.45) is 0 Å². The Morgan fingerprint density at radius 1 is 1.23 bits per heavy atom. The highest BCUT2D eigenvalue weighted by atomic mass is 31.1. The van der Waals surface area contributed by atoms with Gasteiger partial charge < -0.3 is 18.2 Å². The third kappa shape index (κ3) is 8.49. The van der Waals surface area contributed by atoms with Gasteiger partial charge in [0.15, 0.2) is 6.16 Å². The van der Waals surface area contributed by atoms with Gasteiger partial charge in [-0.2, -0.15) is 0 Å². The van der Waals surface area contributed by atoms with E-state index >= 15 is 0 Å². The van der Waals surface area contributed by atoms with Gasteiger partial charge in [-0.1, -0.05) is 4.57 Å². The van der Waals surface area contributed by atoms with Crippen LogP contribution in [0.1, 0.15) is 13.8 Å². The normalized spacial score (nSPS) is 12.2. The molecule has 0 fully saturated rings. The zero-order valence-electron chi connectivity index (χ0n) is 7.82. The first-order valence-corrected chi connectivity index (χ1v) is 6.66. The highest BCUT2D eigenvalue weighted by molar-refractivity contribution is 7.36. The third-order valence-corrected chi connectivity index (χ3v) is 3.05. The lowest BCUT2D eigenvalue weighted by Crippen LogP contribution is -2.28. The molecule has 0 aromatic rings. The molecule has 0 aromatic heterocycles. The summed E-state index contributed by atoms with van der Waals surface area (Å²) in [6.07, 6.45) is 0.0175. The Morgan fingerprint density at radius 2 is 1.77 bits per heavy atom. The third-order valence-electron chi connectivity index (χ3n) is 1.02. The molecule has 1 atom stereocenters. The van der Waals surface area contributed by atoms with Crippen molar-refractivity contribution in [1.29, 1.82) is 0 Å². The molecule has 0 saturated carbocycles. The average molecular weight is 225 g/mol. The largest absolute Gasteiger partial charge is 0.595 e. The Kier molecular flexibility index (Phi) is 8.85. The lowest BCUT2D eigenvalue weighted by Gasteiger charge is -2.10. The molecular weight excluding hydrogens is 211 g/mol. The number of rotatable bonds is 8. The maximum absolute atomic E-state index is 10.2. The molecule has 0 heterocycles. The molecule has 0 aromatic carbocycles. The van der Waals surface area contributed by atoms with Gasteiger partial charge in [-0.15, -0.1) is 0 Å². The van der Waals surface area contributed by atoms with Crippen molar-refractivity contribution in [2.45, 2.75) is 13.8 Å². The maximum atomic E-state index is 10.2. The first kappa shape index (κ1) is 13.2. The van der Waals surface area contributed by atoms with Crippen molar-refractivity contribution in [1.82, 2.24) is 0 Å². The summed E-state index contributed by atoms with van der Waals surface area (Å²) in [4.78, 5) is 10.2. The van der Waals surface area contributed by atoms with E-state index in [1.54, 1.807) is 0 Å². The zero-order chi connectivity index (χ0) is 10.1. The van der Waals surface area contributed by atoms with Crippen LogP contribution in [0.2, 0.25) is 0 Å². The Bertz CT molecular complexity index is 139. The van der Waals surface area contributed by atoms with Crippen molar-refractivity contribution in [3.05, 3.63) is 0 Å². The Hall–Kier alpha value is 0.157. The van der Waals surface area contributed by atoms with Crippen LogP contribution in [0, 0.1) is 0 Å². The molecule has 0 rings (SSSR count). The van der Waals surface area contributed by atoms with Crippen LogP contribution in [0.4, 0.5) is 0 Å². The molecule has 0 amide bonds. The van der Waals surface area contributed by atoms with Gasteiger partial charge in [-0.05, 0) is 13.8 Å². The van der Waals surface area contributed by atoms with Gasteiger partial charge in [-0.25, -0.2) is 0 Å². The van der Waals surface area contributed by atoms with Gasteiger partial charge in [0.1, 0.15) is 0 Å². The fourth-order valence-corrected chi connectivity index (χ4v) is 1.97. The SMILES string of the molecule is CCO[Si](OCC)OCC[P+](=O)[O-]. The van der Waals surface area contributed by atoms with E-state index in [0.29, 0.717) is 13.2 Å². The fraction of sp³-hybridized carbons (Fsp3) is 1.00. The maximum Gasteiger partial charge on any atom is 0.577 e. The number of hydrogen-bond donors (Lipinski definition) is 0. The first-order valence-electron chi connectivity index (χ1n) is 4.07. The van der Waals surface area contributed by atoms with Gasteiger partial charge in [-0.3, -0.25) is 0 Å². The van der Waals surface area contributed by atoms with E-state index in [-0.39, 0.29) is 12.8 Å². The van der Waals surface area contributed by atoms with Crippen LogP contribution in [0.25, 0.3) is 0 Å². The summed E-state index contributed by atoms with van der Waals surface area (Å²) >= 11 is 0. The lowest BCUT2D eigenvalue weighted by atomic mass is 10.9. The fourth-order valence-electron chi connectivity index (χ4n) is 0.564. The van der Waals surface area contributed by atoms with Crippen LogP contribution in [0.15, 0.2) is 0 Å². The van der Waals surface area contributed by atoms with Crippen LogP contribution in [-0.2, 0) is 17.8 Å². The van der Waals surface area contributed by atoms with Crippen molar-refractivity contribution >= 4 is 17.6 Å². The van der Waals surface area contributed by atoms with Gasteiger partial charge in [0.2, 0.25) is 0 Å². The summed E-state index contributed by atoms with van der Waals surface area (Å²) in [6, 6.07) is 0. The van der Waals surface area contributed by atoms with Gasteiger partial charge in [0, 0.05) is 13.2 Å². The minimum Gasteiger partial charge on any atom is -0.595 e. The van der Waals surface area contributed by atoms with Gasteiger partial charge in [0.25, 0.3) is 0 Å². The quantitative estimate of drug-likeness (QED) is 0.435. The van der Waals surface area contributed by atoms with E-state index in [1.807, 2.05) is 13.8 Å². The van der Waals surface area contributed by atoms with Crippen molar-refractivity contribution in [3.63, 3.8) is 0 Å². The summed E-state index contributed by atoms with van der Waals surface area (Å²) < 4.78 is 25.5. The van der Waals surface area contributed by atoms with Crippen LogP contribution in [-0.4, -0.2) is 35.5 Å². The smallest absolute Gasteiger partial charge is 0.577 e. The summed E-state index contributed by atoms with van der Waals surface area (Å²) in [5, 5.41) is 0. The van der Waals surface area contributed by atoms with Crippen LogP contribution < -0.4 is 4.89 Å². The van der Waals surface area contributed by atoms with Crippen molar-refractivity contribution in [3.8, 4) is 0 Å². The second kappa shape index (κ2) is 8.74. The predicted octanol–water partition coefficient (Wildman–Crippen LogP) is 0.164. The van der Waals surface area contributed by atoms with E-state index < -0.39 is 17.6 Å². The Labute approximate surface area is 80.8 Å². The molecule has 0 aliphatic heterocycles. The first-order chi connectivity index (χ1) is 6.20. The average Bonchev–Trinajstić information content (AvgIpc) is 2.04. The second-order valence-electron chi connectivity index (χ2n) is 2.02. The second-order valence-corrected chi connectivity index (χ2v) is 4.50. The Balaban J connectivity index is 3.49. The van der Waals surface area contributed by atoms with Crippen molar-refractivity contribution < 1.29 is 22.7 Å². The van der Waals surface area contributed by atoms with E-state index in [4.69, 9.17) is 13.3 Å². The molecule has 0 aliphatic rings. The lowest BCUT2D eigenvalue weighted by molar-refractivity contribution is -0.164. The van der Waals surface area contributed by atoms with E-state index in [9.17, 15) is 9.46 Å². The predicted molar refractivity (Wildman–Crippen MR) is 47.4 cm³/mol. The molecule has 0 bridgehead atoms. The van der Waals surface area contributed by atoms with Gasteiger partial charge >= 0.3 is 17.6 Å². The van der Waals surface area contributed by atoms with Crippen LogP contribution >= 0.6 is 8.03 Å². The minimum atomic E-state index is -2.37. The van der Waals surface area contributed by atoms with E-state index in [0.717, 1.165) is 0 Å². The van der Waals surface area contributed by atoms with Crippen LogP contribution in [0.5, 0.6) is 0 Å². The molecule has 1 radical (unpaired) electrons. The molecule has 5 nitrogen and oxygen atoms in total. The Morgan fingerprint density at radius 3 is 2.15 bits per heavy atom.